The molecule has 1 aliphatic carbocycles. The normalized spacial score (nSPS) is 12.3. The Morgan fingerprint density at radius 2 is 1.55 bits per heavy atom. The van der Waals surface area contributed by atoms with Crippen molar-refractivity contribution < 1.29 is 25.8 Å². The van der Waals surface area contributed by atoms with Crippen LogP contribution in [0.3, 0.4) is 0 Å². The number of rotatable bonds is 8. The molecule has 0 saturated carbocycles. The van der Waals surface area contributed by atoms with Gasteiger partial charge < -0.3 is 9.32 Å². The molecule has 0 bridgehead atoms. The standard InChI is InChI=1S/C27H29ClN2O6S2/c1-5-29(6-2)19-10-12-21-23(16-19)36-24-17-20(30(7-3)8-4)11-13-22(24)27(21)18-9-14-25(37(28,31)32)26(15-18)38(33,34)35/h9-17H,5-8H2,1-4H3/p+1. The highest BCUT2D eigenvalue weighted by atomic mass is 35.7. The third-order valence-corrected chi connectivity index (χ3v) is 9.12. The number of hydrogen-bond donors (Lipinski definition) is 1. The van der Waals surface area contributed by atoms with Gasteiger partial charge in [-0.2, -0.15) is 8.42 Å². The molecule has 4 rings (SSSR count). The molecule has 0 aromatic heterocycles. The van der Waals surface area contributed by atoms with Crippen LogP contribution in [0, 0.1) is 0 Å². The molecule has 0 saturated heterocycles. The maximum absolute atomic E-state index is 12.2. The topological polar surface area (TPSA) is 108 Å². The van der Waals surface area contributed by atoms with E-state index in [-0.39, 0.29) is 0 Å². The molecular formula is C27H30ClN2O6S2+. The summed E-state index contributed by atoms with van der Waals surface area (Å²) in [7, 11) is -3.86. The third-order valence-electron chi connectivity index (χ3n) is 6.72. The van der Waals surface area contributed by atoms with Crippen LogP contribution in [0.25, 0.3) is 33.4 Å². The number of anilines is 1. The first kappa shape index (κ1) is 28.1. The van der Waals surface area contributed by atoms with Crippen molar-refractivity contribution in [2.24, 2.45) is 0 Å². The third kappa shape index (κ3) is 5.31. The molecular weight excluding hydrogens is 548 g/mol. The van der Waals surface area contributed by atoms with E-state index in [0.29, 0.717) is 33.4 Å². The molecule has 0 radical (unpaired) electrons. The SMILES string of the molecule is CCN(CC)c1ccc2c(-c3ccc(S(=O)(=O)Cl)c(S(=O)(=O)O)c3)c3ccc(=[N+](CC)CC)cc-3oc2c1. The van der Waals surface area contributed by atoms with Gasteiger partial charge in [0.05, 0.1) is 6.07 Å². The van der Waals surface area contributed by atoms with E-state index in [1.54, 1.807) is 0 Å². The van der Waals surface area contributed by atoms with E-state index in [4.69, 9.17) is 15.1 Å². The Morgan fingerprint density at radius 1 is 0.868 bits per heavy atom. The van der Waals surface area contributed by atoms with Crippen molar-refractivity contribution in [3.8, 4) is 22.5 Å². The Kier molecular flexibility index (Phi) is 7.90. The Morgan fingerprint density at radius 3 is 2.13 bits per heavy atom. The highest BCUT2D eigenvalue weighted by molar-refractivity contribution is 8.14. The molecule has 1 heterocycles. The van der Waals surface area contributed by atoms with Crippen molar-refractivity contribution in [3.63, 3.8) is 0 Å². The monoisotopic (exact) mass is 577 g/mol. The average Bonchev–Trinajstić information content (AvgIpc) is 2.87. The fraction of sp³-hybridized carbons (Fsp3) is 0.296. The van der Waals surface area contributed by atoms with E-state index in [9.17, 15) is 21.4 Å². The van der Waals surface area contributed by atoms with Crippen LogP contribution in [0.1, 0.15) is 27.7 Å². The summed E-state index contributed by atoms with van der Waals surface area (Å²) in [6.07, 6.45) is 0. The lowest BCUT2D eigenvalue weighted by atomic mass is 9.93. The van der Waals surface area contributed by atoms with Crippen LogP contribution in [-0.2, 0) is 19.2 Å². The van der Waals surface area contributed by atoms with Crippen molar-refractivity contribution in [2.75, 3.05) is 31.1 Å². The van der Waals surface area contributed by atoms with E-state index in [1.165, 1.54) is 6.07 Å². The van der Waals surface area contributed by atoms with Crippen LogP contribution in [0.4, 0.5) is 5.69 Å². The Balaban J connectivity index is 2.15. The first-order valence-corrected chi connectivity index (χ1v) is 16.1. The second-order valence-corrected chi connectivity index (χ2v) is 12.7. The van der Waals surface area contributed by atoms with E-state index in [2.05, 4.69) is 37.2 Å². The second kappa shape index (κ2) is 10.7. The number of fused-ring (bicyclic) bond motifs is 2. The van der Waals surface area contributed by atoms with Gasteiger partial charge in [0.2, 0.25) is 5.36 Å². The smallest absolute Gasteiger partial charge is 0.295 e. The molecule has 0 atom stereocenters. The summed E-state index contributed by atoms with van der Waals surface area (Å²) in [5.74, 6) is 0.580. The van der Waals surface area contributed by atoms with Gasteiger partial charge in [0.1, 0.15) is 34.2 Å². The average molecular weight is 578 g/mol. The number of hydrogen-bond acceptors (Lipinski definition) is 6. The minimum absolute atomic E-state index is 0.388. The Hall–Kier alpha value is -2.92. The molecule has 8 nitrogen and oxygen atoms in total. The summed E-state index contributed by atoms with van der Waals surface area (Å²) in [5, 5.41) is 1.67. The molecule has 11 heteroatoms. The summed E-state index contributed by atoms with van der Waals surface area (Å²) in [4.78, 5) is 0.709. The molecule has 1 N–H and O–H groups in total. The maximum atomic E-state index is 12.2. The molecule has 38 heavy (non-hydrogen) atoms. The van der Waals surface area contributed by atoms with Crippen LogP contribution in [-0.4, -0.2) is 47.6 Å². The predicted molar refractivity (Wildman–Crippen MR) is 151 cm³/mol. The largest absolute Gasteiger partial charge is 0.456 e. The Labute approximate surface area is 227 Å². The molecule has 0 spiro atoms. The molecule has 2 aliphatic rings. The van der Waals surface area contributed by atoms with Crippen LogP contribution in [0.2, 0.25) is 0 Å². The summed E-state index contributed by atoms with van der Waals surface area (Å²) in [6.45, 7) is 11.5. The van der Waals surface area contributed by atoms with Crippen molar-refractivity contribution in [3.05, 3.63) is 60.0 Å². The summed E-state index contributed by atoms with van der Waals surface area (Å²) in [6, 6.07) is 15.3. The van der Waals surface area contributed by atoms with Crippen LogP contribution in [0.15, 0.2) is 68.8 Å². The molecule has 2 aromatic rings. The summed E-state index contributed by atoms with van der Waals surface area (Å²) >= 11 is 0. The van der Waals surface area contributed by atoms with E-state index >= 15 is 0 Å². The first-order valence-electron chi connectivity index (χ1n) is 12.3. The van der Waals surface area contributed by atoms with Gasteiger partial charge in [0, 0.05) is 58.1 Å². The maximum Gasteiger partial charge on any atom is 0.295 e. The van der Waals surface area contributed by atoms with Gasteiger partial charge in [-0.1, -0.05) is 6.07 Å². The minimum atomic E-state index is -4.90. The van der Waals surface area contributed by atoms with Gasteiger partial charge in [-0.25, -0.2) is 13.0 Å². The van der Waals surface area contributed by atoms with Gasteiger partial charge in [-0.05, 0) is 63.6 Å². The van der Waals surface area contributed by atoms with E-state index in [0.717, 1.165) is 49.4 Å². The van der Waals surface area contributed by atoms with Crippen molar-refractivity contribution in [2.45, 2.75) is 37.5 Å². The highest BCUT2D eigenvalue weighted by Crippen LogP contribution is 2.42. The molecule has 0 unspecified atom stereocenters. The van der Waals surface area contributed by atoms with Crippen LogP contribution < -0.4 is 14.8 Å². The van der Waals surface area contributed by atoms with Gasteiger partial charge in [-0.15, -0.1) is 0 Å². The number of nitrogens with zero attached hydrogens (tertiary/aromatic N) is 2. The van der Waals surface area contributed by atoms with Crippen LogP contribution >= 0.6 is 10.7 Å². The highest BCUT2D eigenvalue weighted by Gasteiger charge is 2.26. The minimum Gasteiger partial charge on any atom is -0.456 e. The van der Waals surface area contributed by atoms with E-state index < -0.39 is 29.0 Å². The van der Waals surface area contributed by atoms with Crippen molar-refractivity contribution in [1.82, 2.24) is 4.58 Å². The van der Waals surface area contributed by atoms with Crippen LogP contribution in [0.5, 0.6) is 0 Å². The zero-order valence-corrected chi connectivity index (χ0v) is 24.0. The molecule has 2 aromatic carbocycles. The molecule has 0 fully saturated rings. The summed E-state index contributed by atoms with van der Waals surface area (Å²) < 4.78 is 66.9. The lowest BCUT2D eigenvalue weighted by Crippen LogP contribution is -2.29. The van der Waals surface area contributed by atoms with E-state index in [1.807, 2.05) is 36.4 Å². The van der Waals surface area contributed by atoms with Crippen molar-refractivity contribution in [1.29, 1.82) is 0 Å². The Bertz CT molecular complexity index is 1770. The number of halogens is 1. The zero-order chi connectivity index (χ0) is 27.8. The molecule has 0 amide bonds. The predicted octanol–water partition coefficient (Wildman–Crippen LogP) is 5.04. The molecule has 202 valence electrons. The number of benzene rings is 3. The summed E-state index contributed by atoms with van der Waals surface area (Å²) in [5.41, 5.74) is 3.28. The first-order chi connectivity index (χ1) is 17.9. The van der Waals surface area contributed by atoms with Crippen molar-refractivity contribution >= 4 is 46.5 Å². The van der Waals surface area contributed by atoms with Gasteiger partial charge in [0.25, 0.3) is 19.2 Å². The quantitative estimate of drug-likeness (QED) is 0.135. The molecule has 1 aliphatic heterocycles. The lowest BCUT2D eigenvalue weighted by molar-refractivity contribution is 0.480. The fourth-order valence-electron chi connectivity index (χ4n) is 4.82. The van der Waals surface area contributed by atoms with Gasteiger partial charge >= 0.3 is 0 Å². The second-order valence-electron chi connectivity index (χ2n) is 8.76. The van der Waals surface area contributed by atoms with Gasteiger partial charge in [0.15, 0.2) is 0 Å². The van der Waals surface area contributed by atoms with Gasteiger partial charge in [-0.3, -0.25) is 4.55 Å². The fourth-order valence-corrected chi connectivity index (χ4v) is 7.13. The lowest BCUT2D eigenvalue weighted by Gasteiger charge is -2.22. The zero-order valence-electron chi connectivity index (χ0n) is 21.6.